The summed E-state index contributed by atoms with van der Waals surface area (Å²) >= 11 is 0. The molecule has 1 aromatic heterocycles. The van der Waals surface area contributed by atoms with Gasteiger partial charge >= 0.3 is 0 Å². The summed E-state index contributed by atoms with van der Waals surface area (Å²) in [6.07, 6.45) is 3.44. The van der Waals surface area contributed by atoms with E-state index in [0.717, 1.165) is 5.51 Å². The maximum absolute atomic E-state index is 5.47. The molecular weight excluding hydrogens is 178 g/mol. The molecule has 1 heterocycles. The Morgan fingerprint density at radius 3 is 2.08 bits per heavy atom. The first-order valence-electron chi connectivity index (χ1n) is 4.89. The Bertz CT molecular complexity index is 246. The second kappa shape index (κ2) is 3.66. The summed E-state index contributed by atoms with van der Waals surface area (Å²) in [5.74, 6) is 0. The van der Waals surface area contributed by atoms with E-state index >= 15 is 0 Å². The molecule has 0 aliphatic carbocycles. The van der Waals surface area contributed by atoms with Crippen molar-refractivity contribution >= 4 is 13.6 Å². The van der Waals surface area contributed by atoms with Crippen LogP contribution in [-0.4, -0.2) is 13.1 Å². The molecule has 0 radical (unpaired) electrons. The number of hydrogen-bond donors (Lipinski definition) is 0. The third-order valence-corrected chi connectivity index (χ3v) is 9.26. The minimum atomic E-state index is -1.51. The van der Waals surface area contributed by atoms with Gasteiger partial charge < -0.3 is 4.42 Å². The Labute approximate surface area is 81.4 Å². The van der Waals surface area contributed by atoms with E-state index in [1.807, 2.05) is 0 Å². The summed E-state index contributed by atoms with van der Waals surface area (Å²) in [5.41, 5.74) is 2.34. The van der Waals surface area contributed by atoms with Gasteiger partial charge in [0.05, 0.1) is 6.20 Å². The highest BCUT2D eigenvalue weighted by molar-refractivity contribution is 6.91. The summed E-state index contributed by atoms with van der Waals surface area (Å²) in [5, 5.41) is 0. The highest BCUT2D eigenvalue weighted by atomic mass is 28.3. The maximum Gasteiger partial charge on any atom is 0.166 e. The van der Waals surface area contributed by atoms with Gasteiger partial charge in [0, 0.05) is 0 Å². The maximum atomic E-state index is 5.47. The SMILES string of the molecule is CC(C)[Si](C)(c1ncco1)C(C)C. The van der Waals surface area contributed by atoms with E-state index in [4.69, 9.17) is 4.42 Å². The Hall–Kier alpha value is -0.573. The van der Waals surface area contributed by atoms with Crippen molar-refractivity contribution < 1.29 is 4.42 Å². The lowest BCUT2D eigenvalue weighted by Gasteiger charge is -2.31. The molecule has 3 heteroatoms. The molecule has 0 fully saturated rings. The van der Waals surface area contributed by atoms with E-state index in [2.05, 4.69) is 39.2 Å². The van der Waals surface area contributed by atoms with E-state index < -0.39 is 8.07 Å². The van der Waals surface area contributed by atoms with Crippen molar-refractivity contribution in [2.24, 2.45) is 0 Å². The smallest absolute Gasteiger partial charge is 0.166 e. The van der Waals surface area contributed by atoms with Gasteiger partial charge in [-0.15, -0.1) is 0 Å². The molecule has 0 N–H and O–H groups in total. The highest BCUT2D eigenvalue weighted by Gasteiger charge is 2.40. The quantitative estimate of drug-likeness (QED) is 0.696. The van der Waals surface area contributed by atoms with Crippen molar-refractivity contribution in [3.63, 3.8) is 0 Å². The topological polar surface area (TPSA) is 26.0 Å². The first-order chi connectivity index (χ1) is 5.99. The molecule has 1 rings (SSSR count). The third kappa shape index (κ3) is 1.70. The highest BCUT2D eigenvalue weighted by Crippen LogP contribution is 2.31. The first kappa shape index (κ1) is 10.5. The van der Waals surface area contributed by atoms with Crippen molar-refractivity contribution in [1.29, 1.82) is 0 Å². The second-order valence-electron chi connectivity index (χ2n) is 4.43. The molecule has 13 heavy (non-hydrogen) atoms. The van der Waals surface area contributed by atoms with Crippen LogP contribution in [0.2, 0.25) is 17.6 Å². The van der Waals surface area contributed by atoms with Crippen molar-refractivity contribution in [3.05, 3.63) is 12.5 Å². The number of aromatic nitrogens is 1. The monoisotopic (exact) mass is 197 g/mol. The lowest BCUT2D eigenvalue weighted by Crippen LogP contribution is -2.50. The summed E-state index contributed by atoms with van der Waals surface area (Å²) in [6.45, 7) is 11.5. The van der Waals surface area contributed by atoms with Crippen LogP contribution in [0.3, 0.4) is 0 Å². The number of oxazole rings is 1. The standard InChI is InChI=1S/C10H19NOSi/c1-8(2)13(5,9(3)4)10-11-6-7-12-10/h6-9H,1-5H3. The molecule has 0 atom stereocenters. The molecule has 0 amide bonds. The van der Waals surface area contributed by atoms with Gasteiger partial charge in [0.15, 0.2) is 13.6 Å². The van der Waals surface area contributed by atoms with E-state index in [1.54, 1.807) is 12.5 Å². The minimum Gasteiger partial charge on any atom is -0.454 e. The Balaban J connectivity index is 3.06. The largest absolute Gasteiger partial charge is 0.454 e. The minimum absolute atomic E-state index is 0.672. The normalized spacial score (nSPS) is 12.8. The fourth-order valence-electron chi connectivity index (χ4n) is 1.65. The van der Waals surface area contributed by atoms with Crippen molar-refractivity contribution in [2.75, 3.05) is 0 Å². The van der Waals surface area contributed by atoms with E-state index in [0.29, 0.717) is 11.1 Å². The van der Waals surface area contributed by atoms with Gasteiger partial charge in [0.1, 0.15) is 6.26 Å². The van der Waals surface area contributed by atoms with Crippen molar-refractivity contribution in [3.8, 4) is 0 Å². The molecule has 2 nitrogen and oxygen atoms in total. The van der Waals surface area contributed by atoms with Gasteiger partial charge in [0.2, 0.25) is 0 Å². The van der Waals surface area contributed by atoms with Crippen molar-refractivity contribution in [1.82, 2.24) is 4.98 Å². The van der Waals surface area contributed by atoms with E-state index in [9.17, 15) is 0 Å². The van der Waals surface area contributed by atoms with Gasteiger partial charge in [-0.25, -0.2) is 4.98 Å². The molecule has 0 unspecified atom stereocenters. The van der Waals surface area contributed by atoms with Crippen LogP contribution >= 0.6 is 0 Å². The molecule has 0 bridgehead atoms. The van der Waals surface area contributed by atoms with Crippen LogP contribution in [0.4, 0.5) is 0 Å². The third-order valence-electron chi connectivity index (χ3n) is 3.29. The zero-order valence-electron chi connectivity index (χ0n) is 9.16. The zero-order chi connectivity index (χ0) is 10.1. The average Bonchev–Trinajstić information content (AvgIpc) is 2.54. The predicted octanol–water partition coefficient (Wildman–Crippen LogP) is 2.78. The van der Waals surface area contributed by atoms with Crippen LogP contribution in [0.15, 0.2) is 16.9 Å². The van der Waals surface area contributed by atoms with Gasteiger partial charge in [-0.1, -0.05) is 34.2 Å². The van der Waals surface area contributed by atoms with Gasteiger partial charge in [0.25, 0.3) is 0 Å². The average molecular weight is 197 g/mol. The van der Waals surface area contributed by atoms with Crippen molar-refractivity contribution in [2.45, 2.75) is 45.3 Å². The fraction of sp³-hybridized carbons (Fsp3) is 0.700. The van der Waals surface area contributed by atoms with Crippen LogP contribution < -0.4 is 5.51 Å². The molecule has 0 saturated carbocycles. The summed E-state index contributed by atoms with van der Waals surface area (Å²) in [6, 6.07) is 0. The van der Waals surface area contributed by atoms with Gasteiger partial charge in [-0.2, -0.15) is 0 Å². The zero-order valence-corrected chi connectivity index (χ0v) is 10.2. The molecule has 0 aliphatic heterocycles. The number of nitrogens with zero attached hydrogens (tertiary/aromatic N) is 1. The molecule has 0 aromatic carbocycles. The summed E-state index contributed by atoms with van der Waals surface area (Å²) in [4.78, 5) is 4.33. The van der Waals surface area contributed by atoms with E-state index in [-0.39, 0.29) is 0 Å². The number of rotatable bonds is 3. The van der Waals surface area contributed by atoms with Crippen LogP contribution in [0.5, 0.6) is 0 Å². The first-order valence-corrected chi connectivity index (χ1v) is 7.55. The Kier molecular flexibility index (Phi) is 2.96. The van der Waals surface area contributed by atoms with Crippen LogP contribution in [0, 0.1) is 0 Å². The van der Waals surface area contributed by atoms with Gasteiger partial charge in [-0.05, 0) is 11.1 Å². The molecule has 0 spiro atoms. The lowest BCUT2D eigenvalue weighted by molar-refractivity contribution is 0.585. The van der Waals surface area contributed by atoms with Crippen LogP contribution in [0.1, 0.15) is 27.7 Å². The fourth-order valence-corrected chi connectivity index (χ4v) is 4.65. The molecule has 0 saturated heterocycles. The molecule has 74 valence electrons. The Morgan fingerprint density at radius 1 is 1.23 bits per heavy atom. The summed E-state index contributed by atoms with van der Waals surface area (Å²) in [7, 11) is -1.51. The van der Waals surface area contributed by atoms with Crippen LogP contribution in [0.25, 0.3) is 0 Å². The predicted molar refractivity (Wildman–Crippen MR) is 58.0 cm³/mol. The van der Waals surface area contributed by atoms with Crippen LogP contribution in [-0.2, 0) is 0 Å². The molecular formula is C10H19NOSi. The molecule has 1 aromatic rings. The number of hydrogen-bond acceptors (Lipinski definition) is 2. The van der Waals surface area contributed by atoms with Gasteiger partial charge in [-0.3, -0.25) is 0 Å². The Morgan fingerprint density at radius 2 is 1.77 bits per heavy atom. The molecule has 0 aliphatic rings. The summed E-state index contributed by atoms with van der Waals surface area (Å²) < 4.78 is 5.47. The lowest BCUT2D eigenvalue weighted by atomic mass is 10.5. The van der Waals surface area contributed by atoms with E-state index in [1.165, 1.54) is 0 Å². The second-order valence-corrected chi connectivity index (χ2v) is 9.73.